The molecule has 0 radical (unpaired) electrons. The molecule has 0 heterocycles. The van der Waals surface area contributed by atoms with Gasteiger partial charge in [-0.05, 0) is 60.7 Å². The monoisotopic (exact) mass is 392 g/mol. The van der Waals surface area contributed by atoms with Crippen LogP contribution in [0.25, 0.3) is 0 Å². The largest absolute Gasteiger partial charge is 0.379 e. The number of benzene rings is 3. The van der Waals surface area contributed by atoms with Crippen molar-refractivity contribution in [2.45, 2.75) is 4.90 Å². The van der Waals surface area contributed by atoms with Crippen LogP contribution in [0.2, 0.25) is 0 Å². The number of carbonyl (C=O) groups excluding carboxylic acids is 1. The highest BCUT2D eigenvalue weighted by molar-refractivity contribution is 7.87. The van der Waals surface area contributed by atoms with Crippen molar-refractivity contribution in [3.8, 4) is 5.75 Å². The van der Waals surface area contributed by atoms with E-state index in [0.29, 0.717) is 18.2 Å². The van der Waals surface area contributed by atoms with E-state index in [1.807, 2.05) is 0 Å². The first-order valence-corrected chi connectivity index (χ1v) is 8.96. The summed E-state index contributed by atoms with van der Waals surface area (Å²) in [5.74, 6) is -3.13. The Balaban J connectivity index is 1.81. The Morgan fingerprint density at radius 2 is 1.19 bits per heavy atom. The highest BCUT2D eigenvalue weighted by atomic mass is 32.2. The summed E-state index contributed by atoms with van der Waals surface area (Å²) in [4.78, 5) is 11.6. The maximum atomic E-state index is 13.2. The van der Waals surface area contributed by atoms with E-state index in [0.717, 1.165) is 12.1 Å². The number of ketones is 1. The Morgan fingerprint density at radius 3 is 1.70 bits per heavy atom. The smallest absolute Gasteiger partial charge is 0.339 e. The van der Waals surface area contributed by atoms with E-state index >= 15 is 0 Å². The van der Waals surface area contributed by atoms with Crippen molar-refractivity contribution >= 4 is 15.9 Å². The molecule has 8 heteroatoms. The molecule has 0 saturated heterocycles. The lowest BCUT2D eigenvalue weighted by Gasteiger charge is -2.08. The topological polar surface area (TPSA) is 60.4 Å². The fourth-order valence-corrected chi connectivity index (χ4v) is 3.25. The lowest BCUT2D eigenvalue weighted by atomic mass is 10.0. The third-order valence-corrected chi connectivity index (χ3v) is 4.78. The fraction of sp³-hybridized carbons (Fsp3) is 0. The van der Waals surface area contributed by atoms with Crippen molar-refractivity contribution < 1.29 is 30.6 Å². The molecule has 0 aromatic heterocycles. The van der Waals surface area contributed by atoms with E-state index in [1.165, 1.54) is 36.4 Å². The normalized spacial score (nSPS) is 11.2. The summed E-state index contributed by atoms with van der Waals surface area (Å²) in [5, 5.41) is 0. The van der Waals surface area contributed by atoms with Crippen LogP contribution in [-0.2, 0) is 10.1 Å². The molecule has 0 N–H and O–H groups in total. The molecule has 27 heavy (non-hydrogen) atoms. The summed E-state index contributed by atoms with van der Waals surface area (Å²) in [7, 11) is -4.45. The molecule has 3 aromatic rings. The number of hydrogen-bond acceptors (Lipinski definition) is 4. The van der Waals surface area contributed by atoms with Crippen LogP contribution in [0, 0.1) is 17.5 Å². The molecular formula is C19H11F3O4S. The van der Waals surface area contributed by atoms with E-state index < -0.39 is 38.2 Å². The van der Waals surface area contributed by atoms with E-state index in [1.54, 1.807) is 0 Å². The molecule has 0 aliphatic heterocycles. The van der Waals surface area contributed by atoms with Crippen molar-refractivity contribution in [2.75, 3.05) is 0 Å². The maximum Gasteiger partial charge on any atom is 0.339 e. The van der Waals surface area contributed by atoms with E-state index in [-0.39, 0.29) is 16.9 Å². The van der Waals surface area contributed by atoms with Gasteiger partial charge in [0.25, 0.3) is 0 Å². The lowest BCUT2D eigenvalue weighted by molar-refractivity contribution is 0.103. The molecule has 0 saturated carbocycles. The van der Waals surface area contributed by atoms with Crippen LogP contribution in [0.15, 0.2) is 71.6 Å². The van der Waals surface area contributed by atoms with Gasteiger partial charge in [-0.3, -0.25) is 4.79 Å². The molecule has 138 valence electrons. The van der Waals surface area contributed by atoms with Crippen LogP contribution in [0.4, 0.5) is 13.2 Å². The second-order valence-corrected chi connectivity index (χ2v) is 7.05. The zero-order valence-corrected chi connectivity index (χ0v) is 14.3. The minimum absolute atomic E-state index is 0.143. The van der Waals surface area contributed by atoms with Gasteiger partial charge < -0.3 is 4.18 Å². The third kappa shape index (κ3) is 4.35. The number of carbonyl (C=O) groups is 1. The highest BCUT2D eigenvalue weighted by Gasteiger charge is 2.19. The molecule has 0 aliphatic rings. The van der Waals surface area contributed by atoms with Gasteiger partial charge in [0.1, 0.15) is 28.1 Å². The quantitative estimate of drug-likeness (QED) is 0.485. The van der Waals surface area contributed by atoms with E-state index in [4.69, 9.17) is 4.18 Å². The molecule has 0 atom stereocenters. The average Bonchev–Trinajstić information content (AvgIpc) is 2.61. The predicted molar refractivity (Wildman–Crippen MR) is 90.4 cm³/mol. The van der Waals surface area contributed by atoms with Gasteiger partial charge in [0.15, 0.2) is 5.78 Å². The minimum Gasteiger partial charge on any atom is -0.379 e. The second kappa shape index (κ2) is 7.24. The molecular weight excluding hydrogens is 381 g/mol. The molecule has 3 aromatic carbocycles. The minimum atomic E-state index is -4.45. The Hall–Kier alpha value is -3.13. The summed E-state index contributed by atoms with van der Waals surface area (Å²) < 4.78 is 68.4. The van der Waals surface area contributed by atoms with Gasteiger partial charge in [-0.15, -0.1) is 0 Å². The van der Waals surface area contributed by atoms with Crippen LogP contribution in [0.5, 0.6) is 5.75 Å². The molecule has 0 bridgehead atoms. The number of rotatable bonds is 5. The maximum absolute atomic E-state index is 13.2. The van der Waals surface area contributed by atoms with Gasteiger partial charge >= 0.3 is 10.1 Å². The third-order valence-electron chi connectivity index (χ3n) is 3.55. The number of halogens is 3. The molecule has 0 amide bonds. The van der Waals surface area contributed by atoms with Crippen molar-refractivity contribution in [1.29, 1.82) is 0 Å². The molecule has 0 spiro atoms. The molecule has 0 fully saturated rings. The SMILES string of the molecule is O=C(c1ccc(F)cc1)c1ccc(OS(=O)(=O)c2cc(F)cc(F)c2)cc1. The molecule has 3 rings (SSSR count). The van der Waals surface area contributed by atoms with Gasteiger partial charge in [0.2, 0.25) is 0 Å². The Morgan fingerprint density at radius 1 is 0.704 bits per heavy atom. The summed E-state index contributed by atoms with van der Waals surface area (Å²) in [5.41, 5.74) is 0.482. The van der Waals surface area contributed by atoms with Crippen LogP contribution in [0.3, 0.4) is 0 Å². The summed E-state index contributed by atoms with van der Waals surface area (Å²) in [6.07, 6.45) is 0. The average molecular weight is 392 g/mol. The number of hydrogen-bond donors (Lipinski definition) is 0. The van der Waals surface area contributed by atoms with Crippen molar-refractivity contribution in [1.82, 2.24) is 0 Å². The van der Waals surface area contributed by atoms with Crippen LogP contribution in [-0.4, -0.2) is 14.2 Å². The molecule has 4 nitrogen and oxygen atoms in total. The van der Waals surface area contributed by atoms with E-state index in [2.05, 4.69) is 0 Å². The summed E-state index contributed by atoms with van der Waals surface area (Å²) in [6, 6.07) is 11.8. The fourth-order valence-electron chi connectivity index (χ4n) is 2.28. The van der Waals surface area contributed by atoms with E-state index in [9.17, 15) is 26.4 Å². The zero-order valence-electron chi connectivity index (χ0n) is 13.5. The predicted octanol–water partition coefficient (Wildman–Crippen LogP) is 4.10. The van der Waals surface area contributed by atoms with Gasteiger partial charge in [-0.2, -0.15) is 8.42 Å². The lowest BCUT2D eigenvalue weighted by Crippen LogP contribution is -2.10. The molecule has 0 aliphatic carbocycles. The van der Waals surface area contributed by atoms with Crippen molar-refractivity contribution in [3.63, 3.8) is 0 Å². The Labute approximate surface area is 153 Å². The van der Waals surface area contributed by atoms with Crippen molar-refractivity contribution in [2.24, 2.45) is 0 Å². The first kappa shape index (κ1) is 18.7. The first-order chi connectivity index (χ1) is 12.7. The van der Waals surface area contributed by atoms with Gasteiger partial charge in [-0.25, -0.2) is 13.2 Å². The zero-order chi connectivity index (χ0) is 19.6. The van der Waals surface area contributed by atoms with Crippen LogP contribution < -0.4 is 4.18 Å². The van der Waals surface area contributed by atoms with Crippen LogP contribution in [0.1, 0.15) is 15.9 Å². The standard InChI is InChI=1S/C19H11F3O4S/c20-14-5-1-12(2-6-14)19(23)13-3-7-17(8-4-13)26-27(24,25)18-10-15(21)9-16(22)11-18/h1-11H. The van der Waals surface area contributed by atoms with Gasteiger partial charge in [-0.1, -0.05) is 0 Å². The first-order valence-electron chi connectivity index (χ1n) is 7.55. The Kier molecular flexibility index (Phi) is 5.00. The van der Waals surface area contributed by atoms with Crippen LogP contribution >= 0.6 is 0 Å². The van der Waals surface area contributed by atoms with Gasteiger partial charge in [0, 0.05) is 17.2 Å². The van der Waals surface area contributed by atoms with Gasteiger partial charge in [0.05, 0.1) is 0 Å². The summed E-state index contributed by atoms with van der Waals surface area (Å²) in [6.45, 7) is 0. The summed E-state index contributed by atoms with van der Waals surface area (Å²) >= 11 is 0. The Bertz CT molecular complexity index is 1070. The van der Waals surface area contributed by atoms with Crippen molar-refractivity contribution in [3.05, 3.63) is 95.3 Å². The highest BCUT2D eigenvalue weighted by Crippen LogP contribution is 2.22. The second-order valence-electron chi connectivity index (χ2n) is 5.50. The molecule has 0 unspecified atom stereocenters.